The molecular weight excluding hydrogens is 360 g/mol. The third kappa shape index (κ3) is 5.17. The van der Waals surface area contributed by atoms with Gasteiger partial charge in [-0.15, -0.1) is 0 Å². The molecule has 0 aromatic rings. The predicted molar refractivity (Wildman–Crippen MR) is 106 cm³/mol. The van der Waals surface area contributed by atoms with E-state index in [1.54, 1.807) is 32.6 Å². The summed E-state index contributed by atoms with van der Waals surface area (Å²) in [6, 6.07) is -1.36. The molecule has 0 unspecified atom stereocenters. The second-order valence-corrected chi connectivity index (χ2v) is 9.99. The van der Waals surface area contributed by atoms with Gasteiger partial charge in [0, 0.05) is 6.54 Å². The summed E-state index contributed by atoms with van der Waals surface area (Å²) in [6.07, 6.45) is 2.39. The highest BCUT2D eigenvalue weighted by Gasteiger charge is 2.52. The monoisotopic (exact) mass is 396 g/mol. The van der Waals surface area contributed by atoms with Gasteiger partial charge < -0.3 is 19.7 Å². The summed E-state index contributed by atoms with van der Waals surface area (Å²) >= 11 is 0. The topological polar surface area (TPSA) is 84.9 Å². The molecule has 2 rings (SSSR count). The van der Waals surface area contributed by atoms with Crippen LogP contribution in [0.1, 0.15) is 67.7 Å². The molecule has 28 heavy (non-hydrogen) atoms. The Bertz CT molecular complexity index is 605. The fourth-order valence-electron chi connectivity index (χ4n) is 4.30. The molecule has 160 valence electrons. The highest BCUT2D eigenvalue weighted by Crippen LogP contribution is 2.43. The Morgan fingerprint density at radius 1 is 1.11 bits per heavy atom. The van der Waals surface area contributed by atoms with Crippen molar-refractivity contribution in [3.05, 3.63) is 0 Å². The molecule has 1 saturated heterocycles. The molecule has 0 bridgehead atoms. The fraction of sp³-hybridized carbons (Fsp3) is 0.857. The van der Waals surface area contributed by atoms with Crippen molar-refractivity contribution in [3.8, 4) is 0 Å². The lowest BCUT2D eigenvalue weighted by Gasteiger charge is -2.36. The van der Waals surface area contributed by atoms with E-state index >= 15 is 0 Å². The van der Waals surface area contributed by atoms with Gasteiger partial charge in [-0.1, -0.05) is 27.2 Å². The van der Waals surface area contributed by atoms with Crippen LogP contribution in [0.5, 0.6) is 0 Å². The Hall–Kier alpha value is -1.79. The largest absolute Gasteiger partial charge is 0.464 e. The Balaban J connectivity index is 2.24. The van der Waals surface area contributed by atoms with Gasteiger partial charge in [-0.05, 0) is 57.8 Å². The van der Waals surface area contributed by atoms with Crippen molar-refractivity contribution in [2.75, 3.05) is 13.2 Å². The average molecular weight is 397 g/mol. The van der Waals surface area contributed by atoms with E-state index < -0.39 is 29.2 Å². The quantitative estimate of drug-likeness (QED) is 0.738. The average Bonchev–Trinajstić information content (AvgIpc) is 3.09. The van der Waals surface area contributed by atoms with E-state index in [-0.39, 0.29) is 24.4 Å². The van der Waals surface area contributed by atoms with Crippen LogP contribution >= 0.6 is 0 Å². The van der Waals surface area contributed by atoms with Crippen LogP contribution in [0.2, 0.25) is 0 Å². The lowest BCUT2D eigenvalue weighted by molar-refractivity contribution is -0.155. The zero-order chi connectivity index (χ0) is 21.3. The SMILES string of the molecule is CCOC(=O)[C@H]1[C@@H]2CCC[C@@H]2CN1C(=O)[C@@H](NC(=O)OC(C)(C)C)C(C)(C)C. The Kier molecular flexibility index (Phi) is 6.66. The van der Waals surface area contributed by atoms with Gasteiger partial charge >= 0.3 is 12.1 Å². The van der Waals surface area contributed by atoms with E-state index in [2.05, 4.69) is 5.32 Å². The van der Waals surface area contributed by atoms with Crippen molar-refractivity contribution in [1.29, 1.82) is 0 Å². The second-order valence-electron chi connectivity index (χ2n) is 9.99. The number of ether oxygens (including phenoxy) is 2. The lowest BCUT2D eigenvalue weighted by Crippen LogP contribution is -2.58. The maximum atomic E-state index is 13.5. The summed E-state index contributed by atoms with van der Waals surface area (Å²) in [5.74, 6) is -0.119. The minimum absolute atomic E-state index is 0.144. The molecule has 4 atom stereocenters. The Labute approximate surface area is 168 Å². The zero-order valence-electron chi connectivity index (χ0n) is 18.3. The third-order valence-electron chi connectivity index (χ3n) is 5.48. The van der Waals surface area contributed by atoms with Crippen LogP contribution in [0.25, 0.3) is 0 Å². The summed E-state index contributed by atoms with van der Waals surface area (Å²) in [5, 5.41) is 2.74. The molecule has 0 radical (unpaired) electrons. The highest BCUT2D eigenvalue weighted by atomic mass is 16.6. The van der Waals surface area contributed by atoms with Gasteiger partial charge in [0.25, 0.3) is 0 Å². The molecule has 1 aliphatic heterocycles. The molecule has 2 fully saturated rings. The number of carbonyl (C=O) groups is 3. The van der Waals surface area contributed by atoms with Gasteiger partial charge in [0.15, 0.2) is 0 Å². The van der Waals surface area contributed by atoms with E-state index in [9.17, 15) is 14.4 Å². The first-order valence-electron chi connectivity index (χ1n) is 10.3. The molecule has 7 heteroatoms. The number of nitrogens with one attached hydrogen (secondary N) is 1. The van der Waals surface area contributed by atoms with E-state index in [1.165, 1.54) is 0 Å². The van der Waals surface area contributed by atoms with Crippen LogP contribution in [0.4, 0.5) is 4.79 Å². The number of hydrogen-bond donors (Lipinski definition) is 1. The third-order valence-corrected chi connectivity index (χ3v) is 5.48. The van der Waals surface area contributed by atoms with Gasteiger partial charge in [-0.2, -0.15) is 0 Å². The number of fused-ring (bicyclic) bond motifs is 1. The van der Waals surface area contributed by atoms with E-state index in [0.29, 0.717) is 12.5 Å². The number of rotatable bonds is 4. The Morgan fingerprint density at radius 2 is 1.75 bits per heavy atom. The number of alkyl carbamates (subject to hydrolysis) is 1. The molecule has 0 aromatic heterocycles. The van der Waals surface area contributed by atoms with Crippen molar-refractivity contribution >= 4 is 18.0 Å². The maximum Gasteiger partial charge on any atom is 0.408 e. The minimum atomic E-state index is -0.793. The number of likely N-dealkylation sites (tertiary alicyclic amines) is 1. The van der Waals surface area contributed by atoms with Gasteiger partial charge in [-0.3, -0.25) is 4.79 Å². The smallest absolute Gasteiger partial charge is 0.408 e. The predicted octanol–water partition coefficient (Wildman–Crippen LogP) is 3.12. The molecule has 1 saturated carbocycles. The van der Waals surface area contributed by atoms with Crippen molar-refractivity contribution < 1.29 is 23.9 Å². The molecule has 1 heterocycles. The van der Waals surface area contributed by atoms with E-state index in [0.717, 1.165) is 19.3 Å². The van der Waals surface area contributed by atoms with E-state index in [1.807, 2.05) is 20.8 Å². The second kappa shape index (κ2) is 8.29. The fourth-order valence-corrected chi connectivity index (χ4v) is 4.30. The molecule has 1 N–H and O–H groups in total. The minimum Gasteiger partial charge on any atom is -0.464 e. The summed E-state index contributed by atoms with van der Waals surface area (Å²) in [5.41, 5.74) is -1.20. The van der Waals surface area contributed by atoms with Crippen LogP contribution in [-0.4, -0.2) is 53.7 Å². The summed E-state index contributed by atoms with van der Waals surface area (Å²) < 4.78 is 10.6. The van der Waals surface area contributed by atoms with Gasteiger partial charge in [0.05, 0.1) is 6.61 Å². The summed E-state index contributed by atoms with van der Waals surface area (Å²) in [7, 11) is 0. The van der Waals surface area contributed by atoms with Gasteiger partial charge in [0.2, 0.25) is 5.91 Å². The number of hydrogen-bond acceptors (Lipinski definition) is 5. The number of esters is 1. The van der Waals surface area contributed by atoms with Crippen LogP contribution in [0.15, 0.2) is 0 Å². The number of amides is 2. The standard InChI is InChI=1S/C21H36N2O5/c1-8-27-18(25)15-14-11-9-10-13(14)12-23(15)17(24)16(20(2,3)4)22-19(26)28-21(5,6)7/h13-16H,8-12H2,1-7H3,(H,22,26)/t13-,14-,15-,16-/m1/s1. The summed E-state index contributed by atoms with van der Waals surface area (Å²) in [4.78, 5) is 40.1. The number of carbonyl (C=O) groups excluding carboxylic acids is 3. The lowest BCUT2D eigenvalue weighted by atomic mass is 9.85. The van der Waals surface area contributed by atoms with Crippen molar-refractivity contribution in [2.24, 2.45) is 17.3 Å². The molecule has 0 aromatic carbocycles. The highest BCUT2D eigenvalue weighted by molar-refractivity contribution is 5.91. The van der Waals surface area contributed by atoms with E-state index in [4.69, 9.17) is 9.47 Å². The van der Waals surface area contributed by atoms with Crippen LogP contribution in [0, 0.1) is 17.3 Å². The number of nitrogens with zero attached hydrogens (tertiary/aromatic N) is 1. The van der Waals surface area contributed by atoms with Crippen LogP contribution in [-0.2, 0) is 19.1 Å². The Morgan fingerprint density at radius 3 is 2.29 bits per heavy atom. The normalized spacial score (nSPS) is 25.8. The maximum absolute atomic E-state index is 13.5. The van der Waals surface area contributed by atoms with Crippen LogP contribution in [0.3, 0.4) is 0 Å². The van der Waals surface area contributed by atoms with Gasteiger partial charge in [0.1, 0.15) is 17.7 Å². The molecule has 2 amide bonds. The van der Waals surface area contributed by atoms with Crippen LogP contribution < -0.4 is 5.32 Å². The van der Waals surface area contributed by atoms with Crippen molar-refractivity contribution in [2.45, 2.75) is 85.4 Å². The summed E-state index contributed by atoms with van der Waals surface area (Å²) in [6.45, 7) is 13.6. The van der Waals surface area contributed by atoms with Gasteiger partial charge in [-0.25, -0.2) is 9.59 Å². The first kappa shape index (κ1) is 22.5. The van der Waals surface area contributed by atoms with Crippen molar-refractivity contribution in [3.63, 3.8) is 0 Å². The van der Waals surface area contributed by atoms with Crippen molar-refractivity contribution in [1.82, 2.24) is 10.2 Å². The first-order chi connectivity index (χ1) is 12.8. The molecule has 1 aliphatic carbocycles. The zero-order valence-corrected chi connectivity index (χ0v) is 18.3. The molecule has 0 spiro atoms. The molecular formula is C21H36N2O5. The molecule has 2 aliphatic rings. The first-order valence-corrected chi connectivity index (χ1v) is 10.3. The molecule has 7 nitrogen and oxygen atoms in total.